The molecule has 3 rings (SSSR count). The number of phenols is 1. The second-order valence-electron chi connectivity index (χ2n) is 6.86. The summed E-state index contributed by atoms with van der Waals surface area (Å²) < 4.78 is 5.44. The van der Waals surface area contributed by atoms with Gasteiger partial charge < -0.3 is 25.8 Å². The first-order chi connectivity index (χ1) is 14.3. The summed E-state index contributed by atoms with van der Waals surface area (Å²) in [6.45, 7) is 5.81. The molecule has 8 heteroatoms. The fourth-order valence-electron chi connectivity index (χ4n) is 3.29. The van der Waals surface area contributed by atoms with Crippen LogP contribution in [0, 0.1) is 0 Å². The van der Waals surface area contributed by atoms with Gasteiger partial charge in [0.05, 0.1) is 23.2 Å². The number of nitrogens with one attached hydrogen (secondary N) is 3. The highest BCUT2D eigenvalue weighted by Gasteiger charge is 2.32. The Kier molecular flexibility index (Phi) is 6.52. The third-order valence-corrected chi connectivity index (χ3v) is 5.11. The van der Waals surface area contributed by atoms with E-state index in [9.17, 15) is 14.7 Å². The molecular formula is C22H24ClN3O4. The minimum absolute atomic E-state index is 0.0660. The van der Waals surface area contributed by atoms with Crippen molar-refractivity contribution in [2.75, 3.05) is 11.9 Å². The molecule has 0 spiro atoms. The molecule has 1 unspecified atom stereocenters. The van der Waals surface area contributed by atoms with E-state index in [4.69, 9.17) is 16.3 Å². The van der Waals surface area contributed by atoms with E-state index in [0.29, 0.717) is 29.1 Å². The van der Waals surface area contributed by atoms with Gasteiger partial charge in [0.25, 0.3) is 5.91 Å². The van der Waals surface area contributed by atoms with Gasteiger partial charge in [0.1, 0.15) is 0 Å². The molecule has 0 bridgehead atoms. The summed E-state index contributed by atoms with van der Waals surface area (Å²) in [7, 11) is 0. The molecule has 0 aliphatic carbocycles. The van der Waals surface area contributed by atoms with E-state index in [0.717, 1.165) is 12.0 Å². The number of phenolic OH excluding ortho intramolecular Hbond substituents is 1. The first-order valence-corrected chi connectivity index (χ1v) is 10.1. The second kappa shape index (κ2) is 9.09. The number of carbonyl (C=O) groups is 2. The molecule has 2 aromatic rings. The Hall–Kier alpha value is -3.19. The van der Waals surface area contributed by atoms with Crippen molar-refractivity contribution in [1.29, 1.82) is 0 Å². The van der Waals surface area contributed by atoms with Crippen LogP contribution in [0.1, 0.15) is 37.9 Å². The molecule has 0 aromatic heterocycles. The van der Waals surface area contributed by atoms with Gasteiger partial charge in [0.15, 0.2) is 11.5 Å². The molecule has 1 heterocycles. The SMILES string of the molecule is CCOc1cc(C2NC(=O)NC(C)=C2C(=O)Nc2ccc(CC)cc2)cc(Cl)c1O. The van der Waals surface area contributed by atoms with Gasteiger partial charge in [-0.1, -0.05) is 30.7 Å². The van der Waals surface area contributed by atoms with E-state index in [2.05, 4.69) is 22.9 Å². The van der Waals surface area contributed by atoms with E-state index in [1.54, 1.807) is 19.9 Å². The standard InChI is InChI=1S/C22H24ClN3O4/c1-4-13-6-8-15(9-7-13)25-21(28)18-12(3)24-22(29)26-19(18)14-10-16(23)20(27)17(11-14)30-5-2/h6-11,19,27H,4-5H2,1-3H3,(H,25,28)(H2,24,26,29). The van der Waals surface area contributed by atoms with E-state index in [-0.39, 0.29) is 22.4 Å². The van der Waals surface area contributed by atoms with Gasteiger partial charge in [-0.05, 0) is 55.7 Å². The molecule has 1 aliphatic heterocycles. The first-order valence-electron chi connectivity index (χ1n) is 9.67. The number of allylic oxidation sites excluding steroid dienone is 1. The van der Waals surface area contributed by atoms with Crippen LogP contribution in [0.15, 0.2) is 47.7 Å². The van der Waals surface area contributed by atoms with Crippen LogP contribution in [0.25, 0.3) is 0 Å². The number of urea groups is 1. The van der Waals surface area contributed by atoms with E-state index < -0.39 is 12.1 Å². The quantitative estimate of drug-likeness (QED) is 0.550. The Labute approximate surface area is 180 Å². The molecule has 1 aliphatic rings. The second-order valence-corrected chi connectivity index (χ2v) is 7.26. The molecule has 0 saturated carbocycles. The lowest BCUT2D eigenvalue weighted by Gasteiger charge is -2.29. The number of rotatable bonds is 6. The van der Waals surface area contributed by atoms with Crippen LogP contribution in [0.5, 0.6) is 11.5 Å². The predicted octanol–water partition coefficient (Wildman–Crippen LogP) is 4.27. The molecular weight excluding hydrogens is 406 g/mol. The van der Waals surface area contributed by atoms with Crippen LogP contribution >= 0.6 is 11.6 Å². The fraction of sp³-hybridized carbons (Fsp3) is 0.273. The topological polar surface area (TPSA) is 99.7 Å². The summed E-state index contributed by atoms with van der Waals surface area (Å²) in [5.74, 6) is -0.373. The molecule has 0 fully saturated rings. The lowest BCUT2D eigenvalue weighted by atomic mass is 9.94. The summed E-state index contributed by atoms with van der Waals surface area (Å²) in [5.41, 5.74) is 3.08. The molecule has 0 radical (unpaired) electrons. The van der Waals surface area contributed by atoms with Crippen molar-refractivity contribution in [3.63, 3.8) is 0 Å². The van der Waals surface area contributed by atoms with Crippen LogP contribution in [-0.2, 0) is 11.2 Å². The van der Waals surface area contributed by atoms with Crippen LogP contribution in [0.2, 0.25) is 5.02 Å². The number of aryl methyl sites for hydroxylation is 1. The number of amides is 3. The third-order valence-electron chi connectivity index (χ3n) is 4.82. The molecule has 1 atom stereocenters. The van der Waals surface area contributed by atoms with E-state index in [1.807, 2.05) is 24.3 Å². The molecule has 4 N–H and O–H groups in total. The number of carbonyl (C=O) groups excluding carboxylic acids is 2. The van der Waals surface area contributed by atoms with Gasteiger partial charge in [0.2, 0.25) is 0 Å². The summed E-state index contributed by atoms with van der Waals surface area (Å²) >= 11 is 6.16. The highest BCUT2D eigenvalue weighted by molar-refractivity contribution is 6.32. The van der Waals surface area contributed by atoms with Gasteiger partial charge in [-0.2, -0.15) is 0 Å². The Balaban J connectivity index is 1.97. The highest BCUT2D eigenvalue weighted by Crippen LogP contribution is 2.39. The maximum atomic E-state index is 13.1. The van der Waals surface area contributed by atoms with Crippen molar-refractivity contribution in [2.24, 2.45) is 0 Å². The average Bonchev–Trinajstić information content (AvgIpc) is 2.71. The smallest absolute Gasteiger partial charge is 0.319 e. The largest absolute Gasteiger partial charge is 0.503 e. The van der Waals surface area contributed by atoms with Gasteiger partial charge in [-0.3, -0.25) is 4.79 Å². The number of halogens is 1. The average molecular weight is 430 g/mol. The number of ether oxygens (including phenoxy) is 1. The molecule has 158 valence electrons. The molecule has 7 nitrogen and oxygen atoms in total. The molecule has 2 aromatic carbocycles. The van der Waals surface area contributed by atoms with E-state index >= 15 is 0 Å². The van der Waals surface area contributed by atoms with Crippen molar-refractivity contribution in [3.8, 4) is 11.5 Å². The highest BCUT2D eigenvalue weighted by atomic mass is 35.5. The van der Waals surface area contributed by atoms with Crippen LogP contribution in [-0.4, -0.2) is 23.7 Å². The molecule has 30 heavy (non-hydrogen) atoms. The lowest BCUT2D eigenvalue weighted by Crippen LogP contribution is -2.46. The van der Waals surface area contributed by atoms with Crippen molar-refractivity contribution in [3.05, 3.63) is 63.8 Å². The normalized spacial score (nSPS) is 16.0. The van der Waals surface area contributed by atoms with Gasteiger partial charge in [0, 0.05) is 11.4 Å². The Morgan fingerprint density at radius 2 is 1.93 bits per heavy atom. The monoisotopic (exact) mass is 429 g/mol. The van der Waals surface area contributed by atoms with Gasteiger partial charge >= 0.3 is 6.03 Å². The Bertz CT molecular complexity index is 1000. The number of anilines is 1. The van der Waals surface area contributed by atoms with Crippen molar-refractivity contribution in [1.82, 2.24) is 10.6 Å². The summed E-state index contributed by atoms with van der Waals surface area (Å²) in [5, 5.41) is 18.4. The zero-order valence-corrected chi connectivity index (χ0v) is 17.8. The first kappa shape index (κ1) is 21.5. The minimum Gasteiger partial charge on any atom is -0.503 e. The summed E-state index contributed by atoms with van der Waals surface area (Å²) in [6, 6.07) is 9.42. The van der Waals surface area contributed by atoms with Crippen molar-refractivity contribution >= 4 is 29.2 Å². The van der Waals surface area contributed by atoms with Gasteiger partial charge in [-0.25, -0.2) is 4.79 Å². The lowest BCUT2D eigenvalue weighted by molar-refractivity contribution is -0.113. The van der Waals surface area contributed by atoms with Crippen LogP contribution in [0.4, 0.5) is 10.5 Å². The van der Waals surface area contributed by atoms with Crippen LogP contribution in [0.3, 0.4) is 0 Å². The van der Waals surface area contributed by atoms with Crippen molar-refractivity contribution in [2.45, 2.75) is 33.2 Å². The predicted molar refractivity (Wildman–Crippen MR) is 116 cm³/mol. The Morgan fingerprint density at radius 3 is 2.57 bits per heavy atom. The molecule has 3 amide bonds. The van der Waals surface area contributed by atoms with Crippen molar-refractivity contribution < 1.29 is 19.4 Å². The maximum absolute atomic E-state index is 13.1. The minimum atomic E-state index is -0.772. The molecule has 0 saturated heterocycles. The number of hydrogen-bond donors (Lipinski definition) is 4. The number of hydrogen-bond acceptors (Lipinski definition) is 4. The fourth-order valence-corrected chi connectivity index (χ4v) is 3.51. The van der Waals surface area contributed by atoms with Crippen LogP contribution < -0.4 is 20.7 Å². The van der Waals surface area contributed by atoms with E-state index in [1.165, 1.54) is 6.07 Å². The number of benzene rings is 2. The number of aromatic hydroxyl groups is 1. The summed E-state index contributed by atoms with van der Waals surface area (Å²) in [4.78, 5) is 25.2. The zero-order chi connectivity index (χ0) is 21.8. The van der Waals surface area contributed by atoms with Gasteiger partial charge in [-0.15, -0.1) is 0 Å². The summed E-state index contributed by atoms with van der Waals surface area (Å²) in [6.07, 6.45) is 0.903. The zero-order valence-electron chi connectivity index (χ0n) is 17.0. The Morgan fingerprint density at radius 1 is 1.23 bits per heavy atom. The third kappa shape index (κ3) is 4.52. The maximum Gasteiger partial charge on any atom is 0.319 e.